The molecule has 0 radical (unpaired) electrons. The summed E-state index contributed by atoms with van der Waals surface area (Å²) in [4.78, 5) is 4.46. The smallest absolute Gasteiger partial charge is 0.0439 e. The lowest BCUT2D eigenvalue weighted by atomic mass is 9.89. The van der Waals surface area contributed by atoms with Crippen LogP contribution in [0.5, 0.6) is 0 Å². The van der Waals surface area contributed by atoms with Crippen molar-refractivity contribution in [3.63, 3.8) is 0 Å². The molecule has 0 aromatic rings. The van der Waals surface area contributed by atoms with E-state index in [0.29, 0.717) is 0 Å². The Bertz CT molecular complexity index is 182. The van der Waals surface area contributed by atoms with Crippen LogP contribution < -0.4 is 0 Å². The molecule has 0 aliphatic heterocycles. The van der Waals surface area contributed by atoms with Gasteiger partial charge in [0, 0.05) is 12.8 Å². The molecule has 0 saturated heterocycles. The predicted molar refractivity (Wildman–Crippen MR) is 61.4 cm³/mol. The molecule has 0 rings (SSSR count). The second-order valence-corrected chi connectivity index (χ2v) is 5.49. The summed E-state index contributed by atoms with van der Waals surface area (Å²) >= 11 is 0. The molecule has 0 aliphatic rings. The molecule has 0 aromatic carbocycles. The zero-order valence-electron chi connectivity index (χ0n) is 9.72. The Balaban J connectivity index is 4.00. The topological polar surface area (TPSA) is 12.4 Å². The van der Waals surface area contributed by atoms with Crippen LogP contribution in [-0.4, -0.2) is 12.8 Å². The number of nitrogens with zero attached hydrogens (tertiary/aromatic N) is 1. The van der Waals surface area contributed by atoms with Gasteiger partial charge in [-0.1, -0.05) is 40.7 Å². The Labute approximate surface area is 83.0 Å². The molecule has 0 spiro atoms. The van der Waals surface area contributed by atoms with Gasteiger partial charge < -0.3 is 0 Å². The number of aliphatic imine (C=N–C) groups is 1. The van der Waals surface area contributed by atoms with Crippen molar-refractivity contribution in [3.8, 4) is 0 Å². The van der Waals surface area contributed by atoms with Crippen molar-refractivity contribution < 1.29 is 0 Å². The van der Waals surface area contributed by atoms with E-state index in [1.807, 2.05) is 12.3 Å². The molecule has 0 heterocycles. The molecule has 0 atom stereocenters. The minimum absolute atomic E-state index is 0.199. The fraction of sp³-hybridized carbons (Fsp3) is 0.750. The van der Waals surface area contributed by atoms with Gasteiger partial charge in [-0.3, -0.25) is 4.99 Å². The lowest BCUT2D eigenvalue weighted by molar-refractivity contribution is 0.385. The Morgan fingerprint density at radius 2 is 1.69 bits per heavy atom. The summed E-state index contributed by atoms with van der Waals surface area (Å²) in [7, 11) is 0. The first-order chi connectivity index (χ1) is 5.77. The Hall–Kier alpha value is -0.590. The van der Waals surface area contributed by atoms with E-state index in [2.05, 4.69) is 46.2 Å². The van der Waals surface area contributed by atoms with Crippen molar-refractivity contribution in [3.05, 3.63) is 12.7 Å². The molecule has 76 valence electrons. The van der Waals surface area contributed by atoms with E-state index in [1.54, 1.807) is 0 Å². The van der Waals surface area contributed by atoms with Crippen LogP contribution in [-0.2, 0) is 0 Å². The third kappa shape index (κ3) is 7.76. The van der Waals surface area contributed by atoms with Gasteiger partial charge in [-0.25, -0.2) is 0 Å². The highest BCUT2D eigenvalue weighted by molar-refractivity contribution is 5.63. The van der Waals surface area contributed by atoms with Gasteiger partial charge in [-0.2, -0.15) is 0 Å². The summed E-state index contributed by atoms with van der Waals surface area (Å²) in [6.45, 7) is 15.6. The maximum atomic E-state index is 4.46. The minimum atomic E-state index is 0.199. The molecule has 0 amide bonds. The highest BCUT2D eigenvalue weighted by Gasteiger charge is 2.15. The highest BCUT2D eigenvalue weighted by atomic mass is 14.7. The van der Waals surface area contributed by atoms with E-state index < -0.39 is 0 Å². The van der Waals surface area contributed by atoms with Crippen LogP contribution >= 0.6 is 0 Å². The fourth-order valence-corrected chi connectivity index (χ4v) is 1.02. The van der Waals surface area contributed by atoms with Crippen molar-refractivity contribution >= 4 is 6.21 Å². The standard InChI is InChI=1S/C12H23N/c1-7-8-12(5,6)10-13-9-11(2,3)4/h7,9H,1,8,10H2,2-6H3. The van der Waals surface area contributed by atoms with Crippen LogP contribution in [0.25, 0.3) is 0 Å². The first-order valence-corrected chi connectivity index (χ1v) is 4.89. The minimum Gasteiger partial charge on any atom is -0.296 e. The maximum absolute atomic E-state index is 4.46. The van der Waals surface area contributed by atoms with Crippen molar-refractivity contribution in [1.29, 1.82) is 0 Å². The molecule has 0 N–H and O–H groups in total. The SMILES string of the molecule is C=CCC(C)(C)CN=CC(C)(C)C. The number of hydrogen-bond acceptors (Lipinski definition) is 1. The van der Waals surface area contributed by atoms with Crippen LogP contribution in [0.1, 0.15) is 41.0 Å². The molecule has 0 saturated carbocycles. The highest BCUT2D eigenvalue weighted by Crippen LogP contribution is 2.21. The molecule has 0 aliphatic carbocycles. The quantitative estimate of drug-likeness (QED) is 0.463. The average Bonchev–Trinajstić information content (AvgIpc) is 1.82. The van der Waals surface area contributed by atoms with Crippen LogP contribution in [0.4, 0.5) is 0 Å². The number of hydrogen-bond donors (Lipinski definition) is 0. The summed E-state index contributed by atoms with van der Waals surface area (Å²) in [5.74, 6) is 0. The molecule has 0 bridgehead atoms. The van der Waals surface area contributed by atoms with Gasteiger partial charge in [0.15, 0.2) is 0 Å². The normalized spacial score (nSPS) is 13.6. The van der Waals surface area contributed by atoms with Gasteiger partial charge in [0.05, 0.1) is 0 Å². The van der Waals surface area contributed by atoms with Gasteiger partial charge in [0.2, 0.25) is 0 Å². The average molecular weight is 181 g/mol. The first-order valence-electron chi connectivity index (χ1n) is 4.89. The number of rotatable bonds is 4. The van der Waals surface area contributed by atoms with E-state index in [9.17, 15) is 0 Å². The van der Waals surface area contributed by atoms with Crippen LogP contribution in [0.3, 0.4) is 0 Å². The largest absolute Gasteiger partial charge is 0.296 e. The second-order valence-electron chi connectivity index (χ2n) is 5.49. The Morgan fingerprint density at radius 3 is 2.08 bits per heavy atom. The van der Waals surface area contributed by atoms with E-state index in [4.69, 9.17) is 0 Å². The summed E-state index contributed by atoms with van der Waals surface area (Å²) < 4.78 is 0. The van der Waals surface area contributed by atoms with Gasteiger partial charge in [0.25, 0.3) is 0 Å². The predicted octanol–water partition coefficient (Wildman–Crippen LogP) is 3.71. The third-order valence-electron chi connectivity index (χ3n) is 1.69. The monoisotopic (exact) mass is 181 g/mol. The molecular formula is C12H23N. The first kappa shape index (κ1) is 12.4. The lowest BCUT2D eigenvalue weighted by Crippen LogP contribution is -2.16. The van der Waals surface area contributed by atoms with E-state index in [1.165, 1.54) is 0 Å². The van der Waals surface area contributed by atoms with Gasteiger partial charge in [0.1, 0.15) is 0 Å². The maximum Gasteiger partial charge on any atom is 0.0439 e. The van der Waals surface area contributed by atoms with Crippen molar-refractivity contribution in [2.45, 2.75) is 41.0 Å². The van der Waals surface area contributed by atoms with Crippen molar-refractivity contribution in [2.24, 2.45) is 15.8 Å². The summed E-state index contributed by atoms with van der Waals surface area (Å²) in [6, 6.07) is 0. The van der Waals surface area contributed by atoms with Gasteiger partial charge >= 0.3 is 0 Å². The summed E-state index contributed by atoms with van der Waals surface area (Å²) in [5.41, 5.74) is 0.452. The van der Waals surface area contributed by atoms with E-state index >= 15 is 0 Å². The van der Waals surface area contributed by atoms with Crippen LogP contribution in [0, 0.1) is 10.8 Å². The summed E-state index contributed by atoms with van der Waals surface area (Å²) in [6.07, 6.45) is 5.03. The lowest BCUT2D eigenvalue weighted by Gasteiger charge is -2.20. The Kier molecular flexibility index (Phi) is 4.38. The van der Waals surface area contributed by atoms with Gasteiger partial charge in [-0.15, -0.1) is 6.58 Å². The van der Waals surface area contributed by atoms with Crippen LogP contribution in [0.15, 0.2) is 17.6 Å². The molecule has 0 unspecified atom stereocenters. The molecular weight excluding hydrogens is 158 g/mol. The van der Waals surface area contributed by atoms with Crippen molar-refractivity contribution in [1.82, 2.24) is 0 Å². The Morgan fingerprint density at radius 1 is 1.15 bits per heavy atom. The molecule has 1 heteroatoms. The van der Waals surface area contributed by atoms with E-state index in [0.717, 1.165) is 13.0 Å². The van der Waals surface area contributed by atoms with Gasteiger partial charge in [-0.05, 0) is 17.3 Å². The van der Waals surface area contributed by atoms with E-state index in [-0.39, 0.29) is 10.8 Å². The zero-order valence-corrected chi connectivity index (χ0v) is 9.72. The summed E-state index contributed by atoms with van der Waals surface area (Å²) in [5, 5.41) is 0. The van der Waals surface area contributed by atoms with Crippen LogP contribution in [0.2, 0.25) is 0 Å². The third-order valence-corrected chi connectivity index (χ3v) is 1.69. The fourth-order valence-electron chi connectivity index (χ4n) is 1.02. The molecule has 0 aromatic heterocycles. The second kappa shape index (κ2) is 4.59. The zero-order chi connectivity index (χ0) is 10.5. The molecule has 1 nitrogen and oxygen atoms in total. The van der Waals surface area contributed by atoms with Crippen molar-refractivity contribution in [2.75, 3.05) is 6.54 Å². The molecule has 13 heavy (non-hydrogen) atoms. The molecule has 0 fully saturated rings. The number of allylic oxidation sites excluding steroid dienone is 1.